The van der Waals surface area contributed by atoms with Gasteiger partial charge < -0.3 is 23.8 Å². The van der Waals surface area contributed by atoms with Crippen LogP contribution in [0.5, 0.6) is 0 Å². The van der Waals surface area contributed by atoms with Gasteiger partial charge >= 0.3 is 0 Å². The summed E-state index contributed by atoms with van der Waals surface area (Å²) in [6.07, 6.45) is 3.95. The Balaban J connectivity index is 1.26. The smallest absolute Gasteiger partial charge is 0.229 e. The van der Waals surface area contributed by atoms with E-state index in [4.69, 9.17) is 31.0 Å². The molecular formula is C28H30ClN7O2. The molecule has 196 valence electrons. The Hall–Kier alpha value is -3.66. The second-order valence-electron chi connectivity index (χ2n) is 9.30. The molecule has 0 radical (unpaired) electrons. The lowest BCUT2D eigenvalue weighted by Gasteiger charge is -2.31. The summed E-state index contributed by atoms with van der Waals surface area (Å²) in [6, 6.07) is 18.2. The minimum absolute atomic E-state index is 0.652. The van der Waals surface area contributed by atoms with Crippen molar-refractivity contribution in [3.8, 4) is 0 Å². The van der Waals surface area contributed by atoms with Crippen LogP contribution in [-0.2, 0) is 16.0 Å². The van der Waals surface area contributed by atoms with Crippen molar-refractivity contribution in [3.63, 3.8) is 0 Å². The summed E-state index contributed by atoms with van der Waals surface area (Å²) in [4.78, 5) is 14.0. The molecule has 2 fully saturated rings. The van der Waals surface area contributed by atoms with Gasteiger partial charge in [-0.05, 0) is 17.7 Å². The number of nitrogens with zero attached hydrogens (tertiary/aromatic N) is 6. The first-order chi connectivity index (χ1) is 18.7. The molecule has 38 heavy (non-hydrogen) atoms. The van der Waals surface area contributed by atoms with E-state index in [1.54, 1.807) is 0 Å². The Morgan fingerprint density at radius 2 is 1.61 bits per heavy atom. The monoisotopic (exact) mass is 531 g/mol. The van der Waals surface area contributed by atoms with E-state index in [-0.39, 0.29) is 0 Å². The van der Waals surface area contributed by atoms with Crippen molar-refractivity contribution in [2.45, 2.75) is 6.54 Å². The van der Waals surface area contributed by atoms with Gasteiger partial charge in [-0.2, -0.15) is 15.1 Å². The van der Waals surface area contributed by atoms with Crippen molar-refractivity contribution in [2.24, 2.45) is 5.10 Å². The van der Waals surface area contributed by atoms with E-state index in [2.05, 4.69) is 49.3 Å². The van der Waals surface area contributed by atoms with Crippen LogP contribution in [0.3, 0.4) is 0 Å². The molecule has 1 N–H and O–H groups in total. The fourth-order valence-electron chi connectivity index (χ4n) is 4.83. The molecule has 0 unspecified atom stereocenters. The van der Waals surface area contributed by atoms with Gasteiger partial charge in [-0.15, -0.1) is 0 Å². The number of hydrogen-bond acceptors (Lipinski definition) is 8. The van der Waals surface area contributed by atoms with Gasteiger partial charge in [0.1, 0.15) is 5.82 Å². The summed E-state index contributed by atoms with van der Waals surface area (Å²) < 4.78 is 13.3. The fourth-order valence-corrected chi connectivity index (χ4v) is 5.02. The minimum Gasteiger partial charge on any atom is -0.378 e. The standard InChI is InChI=1S/C28H30ClN7O2/c29-24-7-3-1-5-21(24)19-36-20-22(23-6-2-4-8-25(23)36)18-30-33-26-17-27(34-9-13-37-14-10-34)32-28(31-26)35-11-15-38-16-12-35/h1-8,17-18,20H,9-16,19H2,(H,31,32,33). The topological polar surface area (TPSA) is 80.0 Å². The van der Waals surface area contributed by atoms with Crippen molar-refractivity contribution in [1.29, 1.82) is 0 Å². The van der Waals surface area contributed by atoms with Crippen molar-refractivity contribution >= 4 is 46.3 Å². The third-order valence-corrected chi connectivity index (χ3v) is 7.20. The third kappa shape index (κ3) is 5.45. The maximum atomic E-state index is 6.44. The minimum atomic E-state index is 0.652. The van der Waals surface area contributed by atoms with Gasteiger partial charge in [0.05, 0.1) is 32.6 Å². The first kappa shape index (κ1) is 24.7. The average molecular weight is 532 g/mol. The molecule has 2 aliphatic heterocycles. The highest BCUT2D eigenvalue weighted by atomic mass is 35.5. The molecule has 2 saturated heterocycles. The second kappa shape index (κ2) is 11.4. The molecule has 0 saturated carbocycles. The molecule has 2 aromatic carbocycles. The number of morpholine rings is 2. The Bertz CT molecular complexity index is 1390. The molecule has 2 aromatic heterocycles. The summed E-state index contributed by atoms with van der Waals surface area (Å²) in [7, 11) is 0. The Morgan fingerprint density at radius 1 is 0.895 bits per heavy atom. The quantitative estimate of drug-likeness (QED) is 0.282. The molecule has 10 heteroatoms. The highest BCUT2D eigenvalue weighted by molar-refractivity contribution is 6.31. The summed E-state index contributed by atoms with van der Waals surface area (Å²) in [6.45, 7) is 6.53. The zero-order chi connectivity index (χ0) is 25.7. The highest BCUT2D eigenvalue weighted by Crippen LogP contribution is 2.25. The average Bonchev–Trinajstić information content (AvgIpc) is 3.32. The number of aromatic nitrogens is 3. The van der Waals surface area contributed by atoms with Crippen LogP contribution in [0.2, 0.25) is 5.02 Å². The Kier molecular flexibility index (Phi) is 7.39. The van der Waals surface area contributed by atoms with E-state index >= 15 is 0 Å². The molecule has 0 amide bonds. The van der Waals surface area contributed by atoms with Gasteiger partial charge in [-0.3, -0.25) is 5.43 Å². The number of fused-ring (bicyclic) bond motifs is 1. The van der Waals surface area contributed by atoms with Crippen LogP contribution < -0.4 is 15.2 Å². The molecule has 0 spiro atoms. The van der Waals surface area contributed by atoms with E-state index in [9.17, 15) is 0 Å². The van der Waals surface area contributed by atoms with E-state index in [0.717, 1.165) is 59.0 Å². The fraction of sp³-hybridized carbons (Fsp3) is 0.321. The number of nitrogens with one attached hydrogen (secondary N) is 1. The SMILES string of the molecule is Clc1ccccc1Cn1cc(C=NNc2cc(N3CCOCC3)nc(N3CCOCC3)n2)c2ccccc21. The molecule has 6 rings (SSSR count). The number of benzene rings is 2. The van der Waals surface area contributed by atoms with Gasteiger partial charge in [-0.25, -0.2) is 0 Å². The Labute approximate surface area is 226 Å². The van der Waals surface area contributed by atoms with Crippen molar-refractivity contribution < 1.29 is 9.47 Å². The van der Waals surface area contributed by atoms with Crippen molar-refractivity contribution in [3.05, 3.63) is 76.9 Å². The number of hydrazone groups is 1. The maximum absolute atomic E-state index is 6.44. The van der Waals surface area contributed by atoms with Crippen LogP contribution >= 0.6 is 11.6 Å². The first-order valence-electron chi connectivity index (χ1n) is 12.9. The molecule has 0 aliphatic carbocycles. The zero-order valence-corrected chi connectivity index (χ0v) is 21.8. The molecule has 4 heterocycles. The maximum Gasteiger partial charge on any atom is 0.229 e. The number of anilines is 3. The zero-order valence-electron chi connectivity index (χ0n) is 21.1. The summed E-state index contributed by atoms with van der Waals surface area (Å²) in [5, 5.41) is 6.46. The molecule has 2 aliphatic rings. The van der Waals surface area contributed by atoms with Crippen LogP contribution in [0.25, 0.3) is 10.9 Å². The lowest BCUT2D eigenvalue weighted by atomic mass is 10.2. The highest BCUT2D eigenvalue weighted by Gasteiger charge is 2.19. The van der Waals surface area contributed by atoms with Crippen molar-refractivity contribution in [2.75, 3.05) is 67.8 Å². The number of halogens is 1. The summed E-state index contributed by atoms with van der Waals surface area (Å²) in [5.41, 5.74) is 6.37. The predicted octanol–water partition coefficient (Wildman–Crippen LogP) is 4.25. The van der Waals surface area contributed by atoms with Gasteiger partial charge in [0.15, 0.2) is 5.82 Å². The van der Waals surface area contributed by atoms with Crippen LogP contribution in [0.1, 0.15) is 11.1 Å². The third-order valence-electron chi connectivity index (χ3n) is 6.83. The molecule has 0 atom stereocenters. The van der Waals surface area contributed by atoms with Crippen LogP contribution in [0, 0.1) is 0 Å². The lowest BCUT2D eigenvalue weighted by molar-refractivity contribution is 0.121. The number of hydrogen-bond donors (Lipinski definition) is 1. The number of rotatable bonds is 7. The van der Waals surface area contributed by atoms with Gasteiger partial charge in [0.2, 0.25) is 5.95 Å². The molecular weight excluding hydrogens is 502 g/mol. The second-order valence-corrected chi connectivity index (χ2v) is 9.71. The number of ether oxygens (including phenoxy) is 2. The first-order valence-corrected chi connectivity index (χ1v) is 13.3. The van der Waals surface area contributed by atoms with Crippen molar-refractivity contribution in [1.82, 2.24) is 14.5 Å². The van der Waals surface area contributed by atoms with E-state index in [1.165, 1.54) is 0 Å². The van der Waals surface area contributed by atoms with Crippen LogP contribution in [0.15, 0.2) is 65.9 Å². The molecule has 0 bridgehead atoms. The van der Waals surface area contributed by atoms with Gasteiger partial charge in [0, 0.05) is 66.5 Å². The van der Waals surface area contributed by atoms with Gasteiger partial charge in [-0.1, -0.05) is 48.0 Å². The summed E-state index contributed by atoms with van der Waals surface area (Å²) >= 11 is 6.44. The largest absolute Gasteiger partial charge is 0.378 e. The van der Waals surface area contributed by atoms with E-state index < -0.39 is 0 Å². The normalized spacial score (nSPS) is 16.4. The van der Waals surface area contributed by atoms with Gasteiger partial charge in [0.25, 0.3) is 0 Å². The molecule has 4 aromatic rings. The predicted molar refractivity (Wildman–Crippen MR) is 152 cm³/mol. The Morgan fingerprint density at radius 3 is 2.39 bits per heavy atom. The number of para-hydroxylation sites is 1. The van der Waals surface area contributed by atoms with E-state index in [0.29, 0.717) is 44.7 Å². The van der Waals surface area contributed by atoms with E-state index in [1.807, 2.05) is 42.6 Å². The van der Waals surface area contributed by atoms with Crippen LogP contribution in [0.4, 0.5) is 17.6 Å². The summed E-state index contributed by atoms with van der Waals surface area (Å²) in [5.74, 6) is 2.21. The van der Waals surface area contributed by atoms with Crippen LogP contribution in [-0.4, -0.2) is 73.4 Å². The lowest BCUT2D eigenvalue weighted by Crippen LogP contribution is -2.39. The molecule has 9 nitrogen and oxygen atoms in total.